The summed E-state index contributed by atoms with van der Waals surface area (Å²) < 4.78 is 4.94. The molecule has 0 heterocycles. The molecule has 1 amide bonds. The van der Waals surface area contributed by atoms with Crippen molar-refractivity contribution in [2.24, 2.45) is 0 Å². The van der Waals surface area contributed by atoms with Gasteiger partial charge in [-0.25, -0.2) is 0 Å². The number of benzene rings is 2. The Balaban J connectivity index is 2.17. The fraction of sp³-hybridized carbons (Fsp3) is 0.105. The molecule has 0 unspecified atom stereocenters. The van der Waals surface area contributed by atoms with Crippen molar-refractivity contribution >= 4 is 35.2 Å². The molecule has 0 aliphatic rings. The first-order chi connectivity index (χ1) is 11.9. The number of anilines is 1. The maximum Gasteiger partial charge on any atom is 0.308 e. The lowest BCUT2D eigenvalue weighted by Gasteiger charge is -2.08. The third-order valence-electron chi connectivity index (χ3n) is 3.25. The van der Waals surface area contributed by atoms with E-state index in [2.05, 4.69) is 5.32 Å². The molecule has 2 rings (SSSR count). The summed E-state index contributed by atoms with van der Waals surface area (Å²) in [7, 11) is 0. The highest BCUT2D eigenvalue weighted by molar-refractivity contribution is 6.30. The summed E-state index contributed by atoms with van der Waals surface area (Å²) in [6, 6.07) is 13.4. The van der Waals surface area contributed by atoms with Crippen molar-refractivity contribution in [1.82, 2.24) is 0 Å². The van der Waals surface area contributed by atoms with Crippen molar-refractivity contribution in [3.8, 4) is 11.8 Å². The molecule has 0 atom stereocenters. The fourth-order valence-corrected chi connectivity index (χ4v) is 2.30. The fourth-order valence-electron chi connectivity index (χ4n) is 2.07. The molecular weight excluding hydrogens is 340 g/mol. The van der Waals surface area contributed by atoms with Gasteiger partial charge in [0.2, 0.25) is 0 Å². The van der Waals surface area contributed by atoms with Crippen LogP contribution < -0.4 is 10.1 Å². The molecule has 0 saturated heterocycles. The number of nitrogens with zero attached hydrogens (tertiary/aromatic N) is 1. The van der Waals surface area contributed by atoms with Crippen LogP contribution in [0.2, 0.25) is 5.02 Å². The molecule has 126 valence electrons. The first-order valence-corrected chi connectivity index (χ1v) is 7.74. The summed E-state index contributed by atoms with van der Waals surface area (Å²) in [6.45, 7) is 3.12. The normalized spacial score (nSPS) is 10.7. The minimum Gasteiger partial charge on any atom is -0.427 e. The van der Waals surface area contributed by atoms with Gasteiger partial charge >= 0.3 is 5.97 Å². The van der Waals surface area contributed by atoms with Gasteiger partial charge in [-0.1, -0.05) is 23.7 Å². The number of rotatable bonds is 4. The van der Waals surface area contributed by atoms with Crippen molar-refractivity contribution in [2.75, 3.05) is 5.32 Å². The Morgan fingerprint density at radius 2 is 1.88 bits per heavy atom. The number of halogens is 1. The average molecular weight is 355 g/mol. The molecule has 0 radical (unpaired) electrons. The number of ether oxygens (including phenoxy) is 1. The molecule has 0 fully saturated rings. The van der Waals surface area contributed by atoms with Crippen LogP contribution in [0.1, 0.15) is 18.1 Å². The summed E-state index contributed by atoms with van der Waals surface area (Å²) >= 11 is 5.89. The second-order valence-corrected chi connectivity index (χ2v) is 5.68. The number of aryl methyl sites for hydroxylation is 1. The second kappa shape index (κ2) is 8.13. The molecule has 2 aromatic carbocycles. The van der Waals surface area contributed by atoms with E-state index in [0.717, 1.165) is 5.56 Å². The smallest absolute Gasteiger partial charge is 0.308 e. The van der Waals surface area contributed by atoms with Crippen molar-refractivity contribution < 1.29 is 14.3 Å². The van der Waals surface area contributed by atoms with E-state index in [4.69, 9.17) is 16.3 Å². The SMILES string of the molecule is CC(=O)Oc1ccc(/C=C(\C#N)C(=O)Nc2ccc(Cl)cc2C)cc1. The van der Waals surface area contributed by atoms with E-state index in [1.807, 2.05) is 13.0 Å². The number of nitriles is 1. The monoisotopic (exact) mass is 354 g/mol. The topological polar surface area (TPSA) is 79.2 Å². The van der Waals surface area contributed by atoms with Crippen molar-refractivity contribution in [1.29, 1.82) is 5.26 Å². The van der Waals surface area contributed by atoms with E-state index >= 15 is 0 Å². The van der Waals surface area contributed by atoms with Gasteiger partial charge in [0.05, 0.1) is 0 Å². The molecule has 6 heteroatoms. The molecule has 5 nitrogen and oxygen atoms in total. The summed E-state index contributed by atoms with van der Waals surface area (Å²) in [5.41, 5.74) is 1.97. The predicted octanol–water partition coefficient (Wildman–Crippen LogP) is 4.12. The predicted molar refractivity (Wildman–Crippen MR) is 96.2 cm³/mol. The number of esters is 1. The molecule has 2 aromatic rings. The Hall–Kier alpha value is -3.10. The van der Waals surface area contributed by atoms with Crippen LogP contribution in [0.5, 0.6) is 5.75 Å². The molecule has 1 N–H and O–H groups in total. The standard InChI is InChI=1S/C19H15ClN2O3/c1-12-9-16(20)5-8-18(12)22-19(24)15(11-21)10-14-3-6-17(7-4-14)25-13(2)23/h3-10H,1-2H3,(H,22,24)/b15-10+. The molecule has 0 aliphatic heterocycles. The number of carbonyl (C=O) groups is 2. The van der Waals surface area contributed by atoms with Crippen LogP contribution in [0.25, 0.3) is 6.08 Å². The zero-order valence-electron chi connectivity index (χ0n) is 13.7. The first kappa shape index (κ1) is 18.2. The number of nitrogens with one attached hydrogen (secondary N) is 1. The maximum absolute atomic E-state index is 12.3. The van der Waals surface area contributed by atoms with Crippen LogP contribution in [0.3, 0.4) is 0 Å². The molecular formula is C19H15ClN2O3. The van der Waals surface area contributed by atoms with E-state index in [0.29, 0.717) is 22.0 Å². The Kier molecular flexibility index (Phi) is 5.93. The molecule has 25 heavy (non-hydrogen) atoms. The highest BCUT2D eigenvalue weighted by atomic mass is 35.5. The van der Waals surface area contributed by atoms with Crippen LogP contribution in [0.4, 0.5) is 5.69 Å². The van der Waals surface area contributed by atoms with Crippen LogP contribution in [-0.4, -0.2) is 11.9 Å². The Labute approximate surface area is 150 Å². The highest BCUT2D eigenvalue weighted by Gasteiger charge is 2.11. The van der Waals surface area contributed by atoms with Gasteiger partial charge in [-0.2, -0.15) is 5.26 Å². The van der Waals surface area contributed by atoms with Crippen LogP contribution >= 0.6 is 11.6 Å². The maximum atomic E-state index is 12.3. The first-order valence-electron chi connectivity index (χ1n) is 7.37. The summed E-state index contributed by atoms with van der Waals surface area (Å²) in [4.78, 5) is 23.2. The second-order valence-electron chi connectivity index (χ2n) is 5.25. The van der Waals surface area contributed by atoms with Gasteiger partial charge in [0.1, 0.15) is 17.4 Å². The molecule has 0 spiro atoms. The third kappa shape index (κ3) is 5.20. The quantitative estimate of drug-likeness (QED) is 0.387. The summed E-state index contributed by atoms with van der Waals surface area (Å²) in [5, 5.41) is 12.5. The largest absolute Gasteiger partial charge is 0.427 e. The lowest BCUT2D eigenvalue weighted by Crippen LogP contribution is -2.14. The van der Waals surface area contributed by atoms with Crippen molar-refractivity contribution in [3.05, 3.63) is 64.2 Å². The van der Waals surface area contributed by atoms with Gasteiger partial charge in [0.25, 0.3) is 5.91 Å². The number of hydrogen-bond donors (Lipinski definition) is 1. The molecule has 0 bridgehead atoms. The Bertz CT molecular complexity index is 881. The minimum absolute atomic E-state index is 0.0467. The Morgan fingerprint density at radius 1 is 1.20 bits per heavy atom. The lowest BCUT2D eigenvalue weighted by atomic mass is 10.1. The van der Waals surface area contributed by atoms with E-state index in [1.54, 1.807) is 42.5 Å². The van der Waals surface area contributed by atoms with Crippen molar-refractivity contribution in [3.63, 3.8) is 0 Å². The van der Waals surface area contributed by atoms with Gasteiger partial charge in [-0.3, -0.25) is 9.59 Å². The van der Waals surface area contributed by atoms with Crippen LogP contribution in [0.15, 0.2) is 48.0 Å². The van der Waals surface area contributed by atoms with E-state index in [-0.39, 0.29) is 5.57 Å². The van der Waals surface area contributed by atoms with E-state index in [1.165, 1.54) is 13.0 Å². The van der Waals surface area contributed by atoms with Gasteiger partial charge in [0.15, 0.2) is 0 Å². The third-order valence-corrected chi connectivity index (χ3v) is 3.49. The van der Waals surface area contributed by atoms with Crippen LogP contribution in [0, 0.1) is 18.3 Å². The summed E-state index contributed by atoms with van der Waals surface area (Å²) in [6.07, 6.45) is 1.46. The zero-order valence-corrected chi connectivity index (χ0v) is 14.4. The molecule has 0 aliphatic carbocycles. The molecule has 0 aromatic heterocycles. The Morgan fingerprint density at radius 3 is 2.44 bits per heavy atom. The molecule has 0 saturated carbocycles. The average Bonchev–Trinajstić information content (AvgIpc) is 2.56. The number of amides is 1. The number of hydrogen-bond acceptors (Lipinski definition) is 4. The number of carbonyl (C=O) groups excluding carboxylic acids is 2. The van der Waals surface area contributed by atoms with E-state index < -0.39 is 11.9 Å². The van der Waals surface area contributed by atoms with Crippen molar-refractivity contribution in [2.45, 2.75) is 13.8 Å². The summed E-state index contributed by atoms with van der Waals surface area (Å²) in [5.74, 6) is -0.542. The van der Waals surface area contributed by atoms with Crippen LogP contribution in [-0.2, 0) is 9.59 Å². The van der Waals surface area contributed by atoms with Gasteiger partial charge in [-0.15, -0.1) is 0 Å². The van der Waals surface area contributed by atoms with Gasteiger partial charge in [0, 0.05) is 17.6 Å². The van der Waals surface area contributed by atoms with Gasteiger partial charge in [-0.05, 0) is 54.5 Å². The highest BCUT2D eigenvalue weighted by Crippen LogP contribution is 2.21. The van der Waals surface area contributed by atoms with Gasteiger partial charge < -0.3 is 10.1 Å². The minimum atomic E-state index is -0.517. The van der Waals surface area contributed by atoms with E-state index in [9.17, 15) is 14.9 Å². The zero-order chi connectivity index (χ0) is 18.4. The lowest BCUT2D eigenvalue weighted by molar-refractivity contribution is -0.131.